The van der Waals surface area contributed by atoms with Gasteiger partial charge in [0.2, 0.25) is 5.91 Å². The summed E-state index contributed by atoms with van der Waals surface area (Å²) in [4.78, 5) is 14.9. The second kappa shape index (κ2) is 9.14. The fourth-order valence-electron chi connectivity index (χ4n) is 3.63. The summed E-state index contributed by atoms with van der Waals surface area (Å²) in [5.74, 6) is 0.761. The SMILES string of the molecule is Cc1cc(NC(=O)C2CCCN(c3ccc(-c4ccc(Cl)cc4)nn3)C2)ccc1Br. The fraction of sp³-hybridized carbons (Fsp3) is 0.261. The zero-order valence-electron chi connectivity index (χ0n) is 16.6. The molecule has 1 aliphatic rings. The summed E-state index contributed by atoms with van der Waals surface area (Å²) in [6.07, 6.45) is 1.81. The highest BCUT2D eigenvalue weighted by Crippen LogP contribution is 2.26. The summed E-state index contributed by atoms with van der Waals surface area (Å²) < 4.78 is 1.03. The van der Waals surface area contributed by atoms with Crippen LogP contribution in [0.1, 0.15) is 18.4 Å². The van der Waals surface area contributed by atoms with Crippen LogP contribution in [0.4, 0.5) is 11.5 Å². The number of halogens is 2. The van der Waals surface area contributed by atoms with Crippen molar-refractivity contribution in [2.24, 2.45) is 5.92 Å². The van der Waals surface area contributed by atoms with Gasteiger partial charge >= 0.3 is 0 Å². The maximum Gasteiger partial charge on any atom is 0.229 e. The normalized spacial score (nSPS) is 16.4. The van der Waals surface area contributed by atoms with Crippen LogP contribution in [0.15, 0.2) is 59.1 Å². The molecule has 1 unspecified atom stereocenters. The lowest BCUT2D eigenvalue weighted by molar-refractivity contribution is -0.120. The van der Waals surface area contributed by atoms with Gasteiger partial charge in [0, 0.05) is 33.8 Å². The minimum atomic E-state index is -0.0829. The molecule has 3 aromatic rings. The summed E-state index contributed by atoms with van der Waals surface area (Å²) in [7, 11) is 0. The quantitative estimate of drug-likeness (QED) is 0.513. The molecule has 1 atom stereocenters. The van der Waals surface area contributed by atoms with Crippen molar-refractivity contribution in [2.45, 2.75) is 19.8 Å². The zero-order chi connectivity index (χ0) is 21.1. The van der Waals surface area contributed by atoms with Crippen molar-refractivity contribution >= 4 is 44.9 Å². The molecule has 30 heavy (non-hydrogen) atoms. The molecular formula is C23H22BrClN4O. The van der Waals surface area contributed by atoms with Crippen molar-refractivity contribution in [1.82, 2.24) is 10.2 Å². The lowest BCUT2D eigenvalue weighted by Gasteiger charge is -2.32. The zero-order valence-corrected chi connectivity index (χ0v) is 18.9. The number of anilines is 2. The summed E-state index contributed by atoms with van der Waals surface area (Å²) in [5.41, 5.74) is 3.69. The molecule has 0 bridgehead atoms. The van der Waals surface area contributed by atoms with Gasteiger partial charge in [0.15, 0.2) is 5.82 Å². The summed E-state index contributed by atoms with van der Waals surface area (Å²) in [6, 6.07) is 17.3. The van der Waals surface area contributed by atoms with Gasteiger partial charge in [-0.2, -0.15) is 0 Å². The number of nitrogens with zero attached hydrogens (tertiary/aromatic N) is 3. The molecule has 0 radical (unpaired) electrons. The summed E-state index contributed by atoms with van der Waals surface area (Å²) >= 11 is 9.44. The Morgan fingerprint density at radius 3 is 2.63 bits per heavy atom. The molecule has 2 aromatic carbocycles. The molecule has 1 N–H and O–H groups in total. The van der Waals surface area contributed by atoms with E-state index in [0.29, 0.717) is 11.6 Å². The molecule has 0 aliphatic carbocycles. The molecule has 4 rings (SSSR count). The smallest absolute Gasteiger partial charge is 0.229 e. The monoisotopic (exact) mass is 484 g/mol. The van der Waals surface area contributed by atoms with E-state index in [1.165, 1.54) is 0 Å². The lowest BCUT2D eigenvalue weighted by atomic mass is 9.97. The standard InChI is InChI=1S/C23H22BrClN4O/c1-15-13-19(8-9-20(15)24)26-23(30)17-3-2-12-29(14-17)22-11-10-21(27-28-22)16-4-6-18(25)7-5-16/h4-11,13,17H,2-3,12,14H2,1H3,(H,26,30). The van der Waals surface area contributed by atoms with Crippen molar-refractivity contribution in [3.05, 3.63) is 69.7 Å². The predicted octanol–water partition coefficient (Wildman–Crippen LogP) is 5.72. The molecule has 1 aliphatic heterocycles. The van der Waals surface area contributed by atoms with Crippen LogP contribution in [0.5, 0.6) is 0 Å². The van der Waals surface area contributed by atoms with E-state index in [9.17, 15) is 4.79 Å². The van der Waals surface area contributed by atoms with Gasteiger partial charge < -0.3 is 10.2 Å². The van der Waals surface area contributed by atoms with Gasteiger partial charge in [-0.3, -0.25) is 4.79 Å². The van der Waals surface area contributed by atoms with E-state index in [1.807, 2.05) is 61.5 Å². The first-order valence-corrected chi connectivity index (χ1v) is 11.1. The number of carbonyl (C=O) groups is 1. The maximum absolute atomic E-state index is 12.8. The molecule has 2 heterocycles. The predicted molar refractivity (Wildman–Crippen MR) is 125 cm³/mol. The highest BCUT2D eigenvalue weighted by Gasteiger charge is 2.27. The Hall–Kier alpha value is -2.44. The van der Waals surface area contributed by atoms with Gasteiger partial charge in [0.1, 0.15) is 0 Å². The minimum Gasteiger partial charge on any atom is -0.354 e. The number of aromatic nitrogens is 2. The third kappa shape index (κ3) is 4.82. The van der Waals surface area contributed by atoms with Crippen LogP contribution < -0.4 is 10.2 Å². The number of amides is 1. The summed E-state index contributed by atoms with van der Waals surface area (Å²) in [6.45, 7) is 3.51. The Morgan fingerprint density at radius 2 is 1.93 bits per heavy atom. The second-order valence-electron chi connectivity index (χ2n) is 7.52. The van der Waals surface area contributed by atoms with Gasteiger partial charge in [0.05, 0.1) is 11.6 Å². The largest absolute Gasteiger partial charge is 0.354 e. The van der Waals surface area contributed by atoms with Crippen molar-refractivity contribution in [3.8, 4) is 11.3 Å². The van der Waals surface area contributed by atoms with E-state index in [0.717, 1.165) is 52.2 Å². The van der Waals surface area contributed by atoms with E-state index in [-0.39, 0.29) is 11.8 Å². The van der Waals surface area contributed by atoms with Crippen LogP contribution in [0.3, 0.4) is 0 Å². The number of aryl methyl sites for hydroxylation is 1. The molecule has 0 spiro atoms. The van der Waals surface area contributed by atoms with E-state index in [4.69, 9.17) is 11.6 Å². The molecule has 154 valence electrons. The molecule has 0 saturated carbocycles. The van der Waals surface area contributed by atoms with Gasteiger partial charge in [0.25, 0.3) is 0 Å². The van der Waals surface area contributed by atoms with Crippen molar-refractivity contribution in [3.63, 3.8) is 0 Å². The molecular weight excluding hydrogens is 464 g/mol. The number of nitrogens with one attached hydrogen (secondary N) is 1. The Bertz CT molecular complexity index is 1040. The second-order valence-corrected chi connectivity index (χ2v) is 8.81. The Morgan fingerprint density at radius 1 is 1.13 bits per heavy atom. The number of hydrogen-bond donors (Lipinski definition) is 1. The van der Waals surface area contributed by atoms with Crippen LogP contribution >= 0.6 is 27.5 Å². The van der Waals surface area contributed by atoms with E-state index < -0.39 is 0 Å². The van der Waals surface area contributed by atoms with Crippen LogP contribution in [-0.4, -0.2) is 29.2 Å². The van der Waals surface area contributed by atoms with Crippen molar-refractivity contribution < 1.29 is 4.79 Å². The highest BCUT2D eigenvalue weighted by molar-refractivity contribution is 9.10. The molecule has 1 fully saturated rings. The first-order chi connectivity index (χ1) is 14.5. The molecule has 7 heteroatoms. The average Bonchev–Trinajstić information content (AvgIpc) is 2.77. The van der Waals surface area contributed by atoms with Crippen molar-refractivity contribution in [1.29, 1.82) is 0 Å². The first kappa shape index (κ1) is 20.8. The Balaban J connectivity index is 1.42. The van der Waals surface area contributed by atoms with Crippen LogP contribution in [0.2, 0.25) is 5.02 Å². The van der Waals surface area contributed by atoms with Gasteiger partial charge in [-0.25, -0.2) is 0 Å². The third-order valence-electron chi connectivity index (χ3n) is 5.33. The van der Waals surface area contributed by atoms with Crippen LogP contribution in [0, 0.1) is 12.8 Å². The number of piperidine rings is 1. The number of rotatable bonds is 4. The fourth-order valence-corrected chi connectivity index (χ4v) is 4.01. The lowest BCUT2D eigenvalue weighted by Crippen LogP contribution is -2.41. The Labute approximate surface area is 189 Å². The highest BCUT2D eigenvalue weighted by atomic mass is 79.9. The van der Waals surface area contributed by atoms with E-state index in [1.54, 1.807) is 0 Å². The van der Waals surface area contributed by atoms with Crippen LogP contribution in [0.25, 0.3) is 11.3 Å². The van der Waals surface area contributed by atoms with Gasteiger partial charge in [-0.15, -0.1) is 10.2 Å². The number of hydrogen-bond acceptors (Lipinski definition) is 4. The number of benzene rings is 2. The van der Waals surface area contributed by atoms with E-state index in [2.05, 4.69) is 36.3 Å². The van der Waals surface area contributed by atoms with Crippen molar-refractivity contribution in [2.75, 3.05) is 23.3 Å². The van der Waals surface area contributed by atoms with Gasteiger partial charge in [-0.1, -0.05) is 39.7 Å². The molecule has 1 amide bonds. The molecule has 1 aromatic heterocycles. The third-order valence-corrected chi connectivity index (χ3v) is 6.47. The van der Waals surface area contributed by atoms with Gasteiger partial charge in [-0.05, 0) is 67.8 Å². The maximum atomic E-state index is 12.8. The number of carbonyl (C=O) groups excluding carboxylic acids is 1. The minimum absolute atomic E-state index is 0.0483. The molecule has 5 nitrogen and oxygen atoms in total. The summed E-state index contributed by atoms with van der Waals surface area (Å²) in [5, 5.41) is 12.5. The Kier molecular flexibility index (Phi) is 6.35. The average molecular weight is 486 g/mol. The molecule has 1 saturated heterocycles. The topological polar surface area (TPSA) is 58.1 Å². The van der Waals surface area contributed by atoms with E-state index >= 15 is 0 Å². The van der Waals surface area contributed by atoms with Crippen LogP contribution in [-0.2, 0) is 4.79 Å². The first-order valence-electron chi connectivity index (χ1n) is 9.91.